The van der Waals surface area contributed by atoms with Gasteiger partial charge in [0, 0.05) is 24.7 Å². The third kappa shape index (κ3) is 5.59. The Hall–Kier alpha value is -2.82. The molecule has 154 valence electrons. The van der Waals surface area contributed by atoms with Crippen molar-refractivity contribution in [1.29, 1.82) is 0 Å². The van der Waals surface area contributed by atoms with Gasteiger partial charge in [0.25, 0.3) is 0 Å². The molecule has 0 aliphatic heterocycles. The van der Waals surface area contributed by atoms with Crippen molar-refractivity contribution in [2.75, 3.05) is 30.9 Å². The summed E-state index contributed by atoms with van der Waals surface area (Å²) >= 11 is 0. The van der Waals surface area contributed by atoms with Crippen molar-refractivity contribution < 1.29 is 4.74 Å². The number of unbranched alkanes of at least 4 members (excludes halogenated alkanes) is 5. The molecule has 0 bridgehead atoms. The van der Waals surface area contributed by atoms with Crippen LogP contribution in [0.2, 0.25) is 0 Å². The van der Waals surface area contributed by atoms with Crippen LogP contribution in [-0.4, -0.2) is 30.7 Å². The monoisotopic (exact) mass is 392 g/mol. The van der Waals surface area contributed by atoms with Gasteiger partial charge in [0.1, 0.15) is 11.6 Å². The topological polar surface area (TPSA) is 50.3 Å². The maximum atomic E-state index is 5.28. The van der Waals surface area contributed by atoms with Gasteiger partial charge in [-0.1, -0.05) is 51.2 Å². The fraction of sp³-hybridized carbons (Fsp3) is 0.417. The summed E-state index contributed by atoms with van der Waals surface area (Å²) < 4.78 is 5.28. The molecule has 0 atom stereocenters. The number of nitrogens with one attached hydrogen (secondary N) is 1. The highest BCUT2D eigenvalue weighted by Gasteiger charge is 2.13. The fourth-order valence-corrected chi connectivity index (χ4v) is 3.43. The molecule has 1 N–H and O–H groups in total. The van der Waals surface area contributed by atoms with Crippen LogP contribution in [0.25, 0.3) is 10.9 Å². The minimum atomic E-state index is 0.688. The Bertz CT molecular complexity index is 895. The Balaban J connectivity index is 1.75. The van der Waals surface area contributed by atoms with Crippen LogP contribution in [0.3, 0.4) is 0 Å². The van der Waals surface area contributed by atoms with Crippen LogP contribution in [0, 0.1) is 0 Å². The molecule has 3 rings (SSSR count). The summed E-state index contributed by atoms with van der Waals surface area (Å²) in [6.07, 6.45) is 7.65. The molecule has 0 saturated heterocycles. The van der Waals surface area contributed by atoms with Crippen LogP contribution in [0.4, 0.5) is 17.5 Å². The normalized spacial score (nSPS) is 10.9. The molecule has 5 nitrogen and oxygen atoms in total. The summed E-state index contributed by atoms with van der Waals surface area (Å²) in [5, 5.41) is 4.46. The third-order valence-corrected chi connectivity index (χ3v) is 5.17. The van der Waals surface area contributed by atoms with Crippen molar-refractivity contribution in [3.8, 4) is 5.75 Å². The van der Waals surface area contributed by atoms with E-state index in [9.17, 15) is 0 Å². The van der Waals surface area contributed by atoms with Gasteiger partial charge in [-0.15, -0.1) is 0 Å². The average molecular weight is 393 g/mol. The first-order valence-electron chi connectivity index (χ1n) is 10.6. The summed E-state index contributed by atoms with van der Waals surface area (Å²) in [5.74, 6) is 2.43. The van der Waals surface area contributed by atoms with Crippen molar-refractivity contribution in [2.45, 2.75) is 45.4 Å². The standard InChI is InChI=1S/C24H32N4O/c1-4-5-6-7-8-11-18-25-24-26-22-13-10-9-12-21(22)23(27-24)28(2)19-14-16-20(29-3)17-15-19/h9-10,12-17H,4-8,11,18H2,1-3H3,(H,25,26,27). The quantitative estimate of drug-likeness (QED) is 0.395. The summed E-state index contributed by atoms with van der Waals surface area (Å²) in [5.41, 5.74) is 2.00. The number of aromatic nitrogens is 2. The first-order chi connectivity index (χ1) is 14.2. The summed E-state index contributed by atoms with van der Waals surface area (Å²) in [4.78, 5) is 11.7. The predicted octanol–water partition coefficient (Wildman–Crippen LogP) is 6.18. The summed E-state index contributed by atoms with van der Waals surface area (Å²) in [7, 11) is 3.71. The zero-order valence-corrected chi connectivity index (χ0v) is 17.8. The molecular weight excluding hydrogens is 360 g/mol. The van der Waals surface area contributed by atoms with E-state index < -0.39 is 0 Å². The van der Waals surface area contributed by atoms with E-state index in [0.29, 0.717) is 5.95 Å². The third-order valence-electron chi connectivity index (χ3n) is 5.17. The van der Waals surface area contributed by atoms with Crippen molar-refractivity contribution in [3.63, 3.8) is 0 Å². The van der Waals surface area contributed by atoms with E-state index in [1.54, 1.807) is 7.11 Å². The zero-order valence-electron chi connectivity index (χ0n) is 17.8. The molecule has 0 spiro atoms. The van der Waals surface area contributed by atoms with Gasteiger partial charge in [-0.05, 0) is 42.8 Å². The number of hydrogen-bond donors (Lipinski definition) is 1. The SMILES string of the molecule is CCCCCCCCNc1nc(N(C)c2ccc(OC)cc2)c2ccccc2n1. The number of benzene rings is 2. The molecule has 0 fully saturated rings. The number of nitrogens with zero attached hydrogens (tertiary/aromatic N) is 3. The lowest BCUT2D eigenvalue weighted by Gasteiger charge is -2.21. The molecule has 2 aromatic carbocycles. The lowest BCUT2D eigenvalue weighted by Crippen LogP contribution is -2.14. The average Bonchev–Trinajstić information content (AvgIpc) is 2.77. The molecule has 1 heterocycles. The minimum Gasteiger partial charge on any atom is -0.497 e. The van der Waals surface area contributed by atoms with Gasteiger partial charge in [-0.25, -0.2) is 4.98 Å². The van der Waals surface area contributed by atoms with Gasteiger partial charge in [0.05, 0.1) is 12.6 Å². The predicted molar refractivity (Wildman–Crippen MR) is 122 cm³/mol. The molecule has 0 radical (unpaired) electrons. The van der Waals surface area contributed by atoms with E-state index in [-0.39, 0.29) is 0 Å². The zero-order chi connectivity index (χ0) is 20.5. The Morgan fingerprint density at radius 3 is 2.38 bits per heavy atom. The highest BCUT2D eigenvalue weighted by Crippen LogP contribution is 2.30. The largest absolute Gasteiger partial charge is 0.497 e. The van der Waals surface area contributed by atoms with Gasteiger partial charge in [-0.2, -0.15) is 4.98 Å². The minimum absolute atomic E-state index is 0.688. The number of fused-ring (bicyclic) bond motifs is 1. The molecule has 29 heavy (non-hydrogen) atoms. The number of anilines is 3. The molecular formula is C24H32N4O. The van der Waals surface area contributed by atoms with Crippen LogP contribution >= 0.6 is 0 Å². The first-order valence-corrected chi connectivity index (χ1v) is 10.6. The van der Waals surface area contributed by atoms with E-state index in [1.807, 2.05) is 49.5 Å². The molecule has 5 heteroatoms. The molecule has 0 saturated carbocycles. The lowest BCUT2D eigenvalue weighted by molar-refractivity contribution is 0.415. The second kappa shape index (κ2) is 10.6. The van der Waals surface area contributed by atoms with Crippen LogP contribution in [0.1, 0.15) is 45.4 Å². The van der Waals surface area contributed by atoms with Crippen molar-refractivity contribution >= 4 is 28.4 Å². The number of para-hydroxylation sites is 1. The number of rotatable bonds is 11. The highest BCUT2D eigenvalue weighted by molar-refractivity contribution is 5.92. The highest BCUT2D eigenvalue weighted by atomic mass is 16.5. The van der Waals surface area contributed by atoms with E-state index in [4.69, 9.17) is 14.7 Å². The number of hydrogen-bond acceptors (Lipinski definition) is 5. The van der Waals surface area contributed by atoms with Crippen LogP contribution in [-0.2, 0) is 0 Å². The van der Waals surface area contributed by atoms with E-state index in [2.05, 4.69) is 23.2 Å². The van der Waals surface area contributed by atoms with Crippen LogP contribution in [0.15, 0.2) is 48.5 Å². The Labute approximate surface area is 174 Å². The molecule has 0 unspecified atom stereocenters. The molecule has 1 aromatic heterocycles. The van der Waals surface area contributed by atoms with Gasteiger partial charge < -0.3 is 15.0 Å². The van der Waals surface area contributed by atoms with Crippen LogP contribution < -0.4 is 15.0 Å². The van der Waals surface area contributed by atoms with Gasteiger partial charge >= 0.3 is 0 Å². The maximum Gasteiger partial charge on any atom is 0.225 e. The fourth-order valence-electron chi connectivity index (χ4n) is 3.43. The van der Waals surface area contributed by atoms with Gasteiger partial charge in [0.2, 0.25) is 5.95 Å². The van der Waals surface area contributed by atoms with E-state index in [0.717, 1.165) is 41.1 Å². The van der Waals surface area contributed by atoms with Gasteiger partial charge in [0.15, 0.2) is 0 Å². The second-order valence-corrected chi connectivity index (χ2v) is 7.34. The van der Waals surface area contributed by atoms with Crippen LogP contribution in [0.5, 0.6) is 5.75 Å². The van der Waals surface area contributed by atoms with Crippen molar-refractivity contribution in [1.82, 2.24) is 9.97 Å². The summed E-state index contributed by atoms with van der Waals surface area (Å²) in [6, 6.07) is 16.2. The van der Waals surface area contributed by atoms with E-state index in [1.165, 1.54) is 32.1 Å². The maximum absolute atomic E-state index is 5.28. The first kappa shape index (κ1) is 20.9. The van der Waals surface area contributed by atoms with Crippen molar-refractivity contribution in [2.24, 2.45) is 0 Å². The number of methoxy groups -OCH3 is 1. The lowest BCUT2D eigenvalue weighted by atomic mass is 10.1. The van der Waals surface area contributed by atoms with E-state index >= 15 is 0 Å². The Morgan fingerprint density at radius 1 is 0.897 bits per heavy atom. The van der Waals surface area contributed by atoms with Crippen molar-refractivity contribution in [3.05, 3.63) is 48.5 Å². The Kier molecular flexibility index (Phi) is 7.68. The molecule has 0 aliphatic rings. The molecule has 3 aromatic rings. The Morgan fingerprint density at radius 2 is 1.62 bits per heavy atom. The molecule has 0 amide bonds. The molecule has 0 aliphatic carbocycles. The smallest absolute Gasteiger partial charge is 0.225 e. The summed E-state index contributed by atoms with van der Waals surface area (Å²) in [6.45, 7) is 3.15. The second-order valence-electron chi connectivity index (χ2n) is 7.34. The van der Waals surface area contributed by atoms with Gasteiger partial charge in [-0.3, -0.25) is 0 Å². The number of ether oxygens (including phenoxy) is 1.